The Labute approximate surface area is 136 Å². The summed E-state index contributed by atoms with van der Waals surface area (Å²) in [7, 11) is 0. The molecule has 0 spiro atoms. The fourth-order valence-corrected chi connectivity index (χ4v) is 3.06. The first-order valence-electron chi connectivity index (χ1n) is 7.87. The normalized spacial score (nSPS) is 16.6. The molecule has 0 fully saturated rings. The molecule has 0 saturated carbocycles. The van der Waals surface area contributed by atoms with Crippen LogP contribution >= 0.6 is 0 Å². The molecule has 3 rings (SSSR count). The second-order valence-corrected chi connectivity index (χ2v) is 5.76. The van der Waals surface area contributed by atoms with E-state index in [9.17, 15) is 9.59 Å². The zero-order valence-corrected chi connectivity index (χ0v) is 13.2. The number of fused-ring (bicyclic) bond motifs is 1. The Kier molecular flexibility index (Phi) is 4.42. The van der Waals surface area contributed by atoms with Crippen molar-refractivity contribution in [3.05, 3.63) is 71.3 Å². The molecule has 0 aromatic heterocycles. The van der Waals surface area contributed by atoms with Gasteiger partial charge in [0, 0.05) is 12.1 Å². The van der Waals surface area contributed by atoms with Crippen molar-refractivity contribution in [2.75, 3.05) is 13.1 Å². The van der Waals surface area contributed by atoms with E-state index in [1.807, 2.05) is 30.0 Å². The Bertz CT molecular complexity index is 712. The van der Waals surface area contributed by atoms with Crippen LogP contribution in [0.1, 0.15) is 34.5 Å². The van der Waals surface area contributed by atoms with Crippen molar-refractivity contribution in [3.8, 4) is 0 Å². The van der Waals surface area contributed by atoms with E-state index in [0.717, 1.165) is 6.42 Å². The van der Waals surface area contributed by atoms with E-state index in [-0.39, 0.29) is 24.4 Å². The summed E-state index contributed by atoms with van der Waals surface area (Å²) in [5, 5.41) is 2.71. The zero-order valence-electron chi connectivity index (χ0n) is 13.2. The van der Waals surface area contributed by atoms with Crippen LogP contribution in [0, 0.1) is 0 Å². The van der Waals surface area contributed by atoms with Gasteiger partial charge in [-0.1, -0.05) is 42.5 Å². The lowest BCUT2D eigenvalue weighted by Gasteiger charge is -2.35. The van der Waals surface area contributed by atoms with E-state index in [4.69, 9.17) is 0 Å². The number of carbonyl (C=O) groups is 2. The van der Waals surface area contributed by atoms with Crippen molar-refractivity contribution in [2.45, 2.75) is 19.4 Å². The number of amides is 2. The Balaban J connectivity index is 1.62. The van der Waals surface area contributed by atoms with Gasteiger partial charge in [0.15, 0.2) is 0 Å². The van der Waals surface area contributed by atoms with Gasteiger partial charge in [-0.05, 0) is 36.6 Å². The molecule has 4 nitrogen and oxygen atoms in total. The molecule has 23 heavy (non-hydrogen) atoms. The van der Waals surface area contributed by atoms with E-state index in [2.05, 4.69) is 17.4 Å². The Morgan fingerprint density at radius 2 is 1.78 bits per heavy atom. The van der Waals surface area contributed by atoms with E-state index >= 15 is 0 Å². The van der Waals surface area contributed by atoms with Crippen LogP contribution < -0.4 is 5.32 Å². The first kappa shape index (κ1) is 15.3. The van der Waals surface area contributed by atoms with Crippen LogP contribution in [0.2, 0.25) is 0 Å². The number of benzene rings is 2. The van der Waals surface area contributed by atoms with E-state index in [0.29, 0.717) is 12.1 Å². The van der Waals surface area contributed by atoms with Gasteiger partial charge < -0.3 is 10.2 Å². The van der Waals surface area contributed by atoms with Gasteiger partial charge in [0.2, 0.25) is 5.91 Å². The molecule has 2 aromatic carbocycles. The maximum absolute atomic E-state index is 12.5. The molecule has 1 aliphatic heterocycles. The molecule has 0 radical (unpaired) electrons. The highest BCUT2D eigenvalue weighted by atomic mass is 16.2. The fraction of sp³-hybridized carbons (Fsp3) is 0.263. The zero-order chi connectivity index (χ0) is 16.2. The first-order chi connectivity index (χ1) is 11.2. The maximum atomic E-state index is 12.5. The largest absolute Gasteiger partial charge is 0.343 e. The quantitative estimate of drug-likeness (QED) is 0.947. The van der Waals surface area contributed by atoms with Crippen molar-refractivity contribution in [2.24, 2.45) is 0 Å². The third kappa shape index (κ3) is 3.26. The van der Waals surface area contributed by atoms with Gasteiger partial charge in [-0.15, -0.1) is 0 Å². The number of rotatable bonds is 3. The van der Waals surface area contributed by atoms with Gasteiger partial charge in [-0.3, -0.25) is 9.59 Å². The van der Waals surface area contributed by atoms with Gasteiger partial charge in [-0.2, -0.15) is 0 Å². The summed E-state index contributed by atoms with van der Waals surface area (Å²) in [6.45, 7) is 2.76. The lowest BCUT2D eigenvalue weighted by molar-refractivity contribution is -0.132. The number of nitrogens with zero attached hydrogens (tertiary/aromatic N) is 1. The van der Waals surface area contributed by atoms with Crippen molar-refractivity contribution >= 4 is 11.8 Å². The minimum Gasteiger partial charge on any atom is -0.343 e. The molecule has 2 amide bonds. The lowest BCUT2D eigenvalue weighted by Crippen LogP contribution is -2.44. The standard InChI is InChI=1S/C19H20N2O2/c1-14-17-10-6-5-7-15(17)11-12-21(14)18(22)13-20-19(23)16-8-3-2-4-9-16/h2-10,14H,11-13H2,1H3,(H,20,23). The Hall–Kier alpha value is -2.62. The third-order valence-corrected chi connectivity index (χ3v) is 4.35. The van der Waals surface area contributed by atoms with Crippen molar-refractivity contribution in [1.29, 1.82) is 0 Å². The second-order valence-electron chi connectivity index (χ2n) is 5.76. The minimum atomic E-state index is -0.219. The monoisotopic (exact) mass is 308 g/mol. The van der Waals surface area contributed by atoms with Crippen molar-refractivity contribution in [3.63, 3.8) is 0 Å². The van der Waals surface area contributed by atoms with Gasteiger partial charge in [0.05, 0.1) is 12.6 Å². The van der Waals surface area contributed by atoms with E-state index < -0.39 is 0 Å². The molecule has 0 bridgehead atoms. The molecule has 1 aliphatic rings. The molecule has 1 N–H and O–H groups in total. The molecular weight excluding hydrogens is 288 g/mol. The number of hydrogen-bond donors (Lipinski definition) is 1. The van der Waals surface area contributed by atoms with Crippen LogP contribution in [0.25, 0.3) is 0 Å². The summed E-state index contributed by atoms with van der Waals surface area (Å²) in [5.74, 6) is -0.264. The van der Waals surface area contributed by atoms with Crippen LogP contribution in [-0.2, 0) is 11.2 Å². The third-order valence-electron chi connectivity index (χ3n) is 4.35. The molecule has 4 heteroatoms. The van der Waals surface area contributed by atoms with Crippen LogP contribution in [0.4, 0.5) is 0 Å². The summed E-state index contributed by atoms with van der Waals surface area (Å²) in [5.41, 5.74) is 3.07. The lowest BCUT2D eigenvalue weighted by atomic mass is 9.93. The van der Waals surface area contributed by atoms with Gasteiger partial charge in [0.1, 0.15) is 0 Å². The van der Waals surface area contributed by atoms with Crippen LogP contribution in [0.3, 0.4) is 0 Å². The first-order valence-corrected chi connectivity index (χ1v) is 7.87. The van der Waals surface area contributed by atoms with Gasteiger partial charge in [-0.25, -0.2) is 0 Å². The van der Waals surface area contributed by atoms with Crippen LogP contribution in [-0.4, -0.2) is 29.8 Å². The molecule has 118 valence electrons. The summed E-state index contributed by atoms with van der Waals surface area (Å²) in [6.07, 6.45) is 0.860. The molecular formula is C19H20N2O2. The smallest absolute Gasteiger partial charge is 0.251 e. The highest BCUT2D eigenvalue weighted by Crippen LogP contribution is 2.28. The highest BCUT2D eigenvalue weighted by Gasteiger charge is 2.27. The van der Waals surface area contributed by atoms with Gasteiger partial charge >= 0.3 is 0 Å². The topological polar surface area (TPSA) is 49.4 Å². The van der Waals surface area contributed by atoms with Crippen LogP contribution in [0.5, 0.6) is 0 Å². The summed E-state index contributed by atoms with van der Waals surface area (Å²) >= 11 is 0. The second kappa shape index (κ2) is 6.65. The van der Waals surface area contributed by atoms with E-state index in [1.54, 1.807) is 24.3 Å². The predicted octanol–water partition coefficient (Wildman–Crippen LogP) is 2.56. The number of carbonyl (C=O) groups excluding carboxylic acids is 2. The maximum Gasteiger partial charge on any atom is 0.251 e. The average molecular weight is 308 g/mol. The Morgan fingerprint density at radius 3 is 2.57 bits per heavy atom. The van der Waals surface area contributed by atoms with E-state index in [1.165, 1.54) is 11.1 Å². The molecule has 1 atom stereocenters. The summed E-state index contributed by atoms with van der Waals surface area (Å²) in [6, 6.07) is 17.2. The summed E-state index contributed by atoms with van der Waals surface area (Å²) < 4.78 is 0. The molecule has 1 unspecified atom stereocenters. The van der Waals surface area contributed by atoms with Gasteiger partial charge in [0.25, 0.3) is 5.91 Å². The molecule has 2 aromatic rings. The minimum absolute atomic E-state index is 0.0280. The van der Waals surface area contributed by atoms with Crippen molar-refractivity contribution < 1.29 is 9.59 Å². The van der Waals surface area contributed by atoms with Crippen molar-refractivity contribution in [1.82, 2.24) is 10.2 Å². The number of hydrogen-bond acceptors (Lipinski definition) is 2. The predicted molar refractivity (Wildman–Crippen MR) is 89.0 cm³/mol. The fourth-order valence-electron chi connectivity index (χ4n) is 3.06. The SMILES string of the molecule is CC1c2ccccc2CCN1C(=O)CNC(=O)c1ccccc1. The Morgan fingerprint density at radius 1 is 1.09 bits per heavy atom. The molecule has 1 heterocycles. The average Bonchev–Trinajstić information content (AvgIpc) is 2.60. The summed E-state index contributed by atoms with van der Waals surface area (Å²) in [4.78, 5) is 26.3. The number of nitrogens with one attached hydrogen (secondary N) is 1. The highest BCUT2D eigenvalue weighted by molar-refractivity contribution is 5.96. The molecule has 0 saturated heterocycles. The molecule has 0 aliphatic carbocycles. The van der Waals surface area contributed by atoms with Crippen LogP contribution in [0.15, 0.2) is 54.6 Å².